The van der Waals surface area contributed by atoms with Crippen LogP contribution in [0.4, 0.5) is 4.39 Å². The van der Waals surface area contributed by atoms with E-state index in [0.29, 0.717) is 11.1 Å². The molecule has 0 saturated carbocycles. The summed E-state index contributed by atoms with van der Waals surface area (Å²) in [5.74, 6) is -2.02. The second kappa shape index (κ2) is 9.25. The van der Waals surface area contributed by atoms with Crippen molar-refractivity contribution in [3.05, 3.63) is 82.3 Å². The van der Waals surface area contributed by atoms with Gasteiger partial charge in [0, 0.05) is 13.1 Å². The van der Waals surface area contributed by atoms with E-state index >= 15 is 0 Å². The smallest absolute Gasteiger partial charge is 0.309 e. The largest absolute Gasteiger partial charge is 0.387 e. The van der Waals surface area contributed by atoms with Crippen molar-refractivity contribution in [3.8, 4) is 11.1 Å². The van der Waals surface area contributed by atoms with Crippen molar-refractivity contribution in [2.24, 2.45) is 0 Å². The normalized spacial score (nSPS) is 11.6. The Balaban J connectivity index is 1.46. The van der Waals surface area contributed by atoms with E-state index < -0.39 is 17.9 Å². The van der Waals surface area contributed by atoms with Gasteiger partial charge < -0.3 is 15.7 Å². The molecule has 0 saturated heterocycles. The first-order valence-corrected chi connectivity index (χ1v) is 9.58. The van der Waals surface area contributed by atoms with Crippen molar-refractivity contribution in [3.63, 3.8) is 0 Å². The molecular weight excluding hydrogens is 379 g/mol. The van der Waals surface area contributed by atoms with Crippen LogP contribution in [-0.2, 0) is 16.1 Å². The zero-order chi connectivity index (χ0) is 19.9. The molecule has 3 N–H and O–H groups in total. The molecule has 2 amide bonds. The summed E-state index contributed by atoms with van der Waals surface area (Å²) < 4.78 is 12.8. The summed E-state index contributed by atoms with van der Waals surface area (Å²) in [5.41, 5.74) is 3.47. The molecule has 7 heteroatoms. The molecule has 1 aromatic heterocycles. The lowest BCUT2D eigenvalue weighted by Crippen LogP contribution is -2.41. The second-order valence-corrected chi connectivity index (χ2v) is 6.95. The standard InChI is InChI=1S/C21H19FN2O3S/c22-18-7-1-14(2-8-18)11-23-20(26)21(27)24-12-19(25)16-5-3-15(4-6-16)17-9-10-28-13-17/h1-10,13,19,25H,11-12H2,(H,23,26)(H,24,27)/t19-/m1/s1. The van der Waals surface area contributed by atoms with E-state index in [0.717, 1.165) is 11.1 Å². The number of carbonyl (C=O) groups excluding carboxylic acids is 2. The highest BCUT2D eigenvalue weighted by atomic mass is 32.1. The average molecular weight is 398 g/mol. The van der Waals surface area contributed by atoms with E-state index in [1.54, 1.807) is 23.5 Å². The summed E-state index contributed by atoms with van der Waals surface area (Å²) in [4.78, 5) is 23.7. The molecule has 3 aromatic rings. The van der Waals surface area contributed by atoms with Crippen LogP contribution in [0.3, 0.4) is 0 Å². The number of carbonyl (C=O) groups is 2. The predicted octanol–water partition coefficient (Wildman–Crippen LogP) is 3.02. The van der Waals surface area contributed by atoms with Gasteiger partial charge in [0.2, 0.25) is 0 Å². The molecule has 0 radical (unpaired) electrons. The van der Waals surface area contributed by atoms with Crippen LogP contribution in [0.25, 0.3) is 11.1 Å². The van der Waals surface area contributed by atoms with Crippen LogP contribution in [0.5, 0.6) is 0 Å². The van der Waals surface area contributed by atoms with Crippen molar-refractivity contribution >= 4 is 23.2 Å². The number of amides is 2. The summed E-state index contributed by atoms with van der Waals surface area (Å²) >= 11 is 1.61. The Kier molecular flexibility index (Phi) is 6.52. The quantitative estimate of drug-likeness (QED) is 0.559. The van der Waals surface area contributed by atoms with Gasteiger partial charge in [-0.2, -0.15) is 11.3 Å². The van der Waals surface area contributed by atoms with E-state index in [2.05, 4.69) is 10.6 Å². The molecule has 0 aliphatic heterocycles. The van der Waals surface area contributed by atoms with Crippen molar-refractivity contribution < 1.29 is 19.1 Å². The third-order valence-electron chi connectivity index (χ3n) is 4.18. The summed E-state index contributed by atoms with van der Waals surface area (Å²) in [6.07, 6.45) is -0.926. The molecule has 144 valence electrons. The van der Waals surface area contributed by atoms with Gasteiger partial charge in [0.05, 0.1) is 6.10 Å². The monoisotopic (exact) mass is 398 g/mol. The van der Waals surface area contributed by atoms with Crippen LogP contribution in [0.1, 0.15) is 17.2 Å². The van der Waals surface area contributed by atoms with E-state index in [4.69, 9.17) is 0 Å². The highest BCUT2D eigenvalue weighted by Crippen LogP contribution is 2.23. The van der Waals surface area contributed by atoms with E-state index in [-0.39, 0.29) is 18.9 Å². The van der Waals surface area contributed by atoms with Crippen molar-refractivity contribution in [2.45, 2.75) is 12.6 Å². The molecule has 0 bridgehead atoms. The molecule has 0 aliphatic rings. The fourth-order valence-electron chi connectivity index (χ4n) is 2.58. The fraction of sp³-hybridized carbons (Fsp3) is 0.143. The molecule has 0 unspecified atom stereocenters. The van der Waals surface area contributed by atoms with Gasteiger partial charge in [-0.3, -0.25) is 9.59 Å². The van der Waals surface area contributed by atoms with Gasteiger partial charge in [0.25, 0.3) is 0 Å². The Bertz CT molecular complexity index is 925. The molecule has 1 atom stereocenters. The summed E-state index contributed by atoms with van der Waals surface area (Å²) in [6.45, 7) is 0.0275. The van der Waals surface area contributed by atoms with Gasteiger partial charge in [0.1, 0.15) is 5.82 Å². The van der Waals surface area contributed by atoms with Crippen molar-refractivity contribution in [1.29, 1.82) is 0 Å². The lowest BCUT2D eigenvalue weighted by atomic mass is 10.0. The Morgan fingerprint density at radius 3 is 2.25 bits per heavy atom. The first-order chi connectivity index (χ1) is 13.5. The molecule has 5 nitrogen and oxygen atoms in total. The lowest BCUT2D eigenvalue weighted by Gasteiger charge is -2.13. The molecule has 1 heterocycles. The number of nitrogens with one attached hydrogen (secondary N) is 2. The first kappa shape index (κ1) is 19.7. The van der Waals surface area contributed by atoms with Gasteiger partial charge in [0.15, 0.2) is 0 Å². The number of hydrogen-bond acceptors (Lipinski definition) is 4. The lowest BCUT2D eigenvalue weighted by molar-refractivity contribution is -0.139. The topological polar surface area (TPSA) is 78.4 Å². The van der Waals surface area contributed by atoms with Crippen LogP contribution in [0.2, 0.25) is 0 Å². The molecular formula is C21H19FN2O3S. The van der Waals surface area contributed by atoms with Crippen LogP contribution in [-0.4, -0.2) is 23.5 Å². The number of halogens is 1. The molecule has 0 spiro atoms. The molecule has 0 aliphatic carbocycles. The van der Waals surface area contributed by atoms with Gasteiger partial charge >= 0.3 is 11.8 Å². The van der Waals surface area contributed by atoms with E-state index in [1.807, 2.05) is 29.0 Å². The Labute approximate surface area is 165 Å². The predicted molar refractivity (Wildman–Crippen MR) is 106 cm³/mol. The zero-order valence-corrected chi connectivity index (χ0v) is 15.7. The molecule has 2 aromatic carbocycles. The number of thiophene rings is 1. The average Bonchev–Trinajstić information content (AvgIpc) is 3.26. The van der Waals surface area contributed by atoms with E-state index in [9.17, 15) is 19.1 Å². The number of hydrogen-bond donors (Lipinski definition) is 3. The first-order valence-electron chi connectivity index (χ1n) is 8.64. The third kappa shape index (κ3) is 5.25. The number of benzene rings is 2. The maximum atomic E-state index is 12.8. The number of rotatable bonds is 6. The minimum absolute atomic E-state index is 0.0827. The molecule has 3 rings (SSSR count). The fourth-order valence-corrected chi connectivity index (χ4v) is 3.24. The van der Waals surface area contributed by atoms with Gasteiger partial charge in [-0.05, 0) is 51.2 Å². The van der Waals surface area contributed by atoms with Crippen LogP contribution < -0.4 is 10.6 Å². The van der Waals surface area contributed by atoms with Crippen LogP contribution >= 0.6 is 11.3 Å². The van der Waals surface area contributed by atoms with Gasteiger partial charge in [-0.15, -0.1) is 0 Å². The van der Waals surface area contributed by atoms with E-state index in [1.165, 1.54) is 24.3 Å². The number of aliphatic hydroxyl groups is 1. The summed E-state index contributed by atoms with van der Waals surface area (Å²) in [5, 5.41) is 19.1. The highest BCUT2D eigenvalue weighted by molar-refractivity contribution is 7.08. The SMILES string of the molecule is O=C(NCc1ccc(F)cc1)C(=O)NC[C@@H](O)c1ccc(-c2ccsc2)cc1. The van der Waals surface area contributed by atoms with Gasteiger partial charge in [-0.25, -0.2) is 4.39 Å². The van der Waals surface area contributed by atoms with Gasteiger partial charge in [-0.1, -0.05) is 36.4 Å². The third-order valence-corrected chi connectivity index (χ3v) is 4.86. The van der Waals surface area contributed by atoms with Crippen LogP contribution in [0, 0.1) is 5.82 Å². The molecule has 0 fully saturated rings. The highest BCUT2D eigenvalue weighted by Gasteiger charge is 2.15. The maximum absolute atomic E-state index is 12.8. The second-order valence-electron chi connectivity index (χ2n) is 6.17. The zero-order valence-electron chi connectivity index (χ0n) is 14.9. The minimum Gasteiger partial charge on any atom is -0.387 e. The maximum Gasteiger partial charge on any atom is 0.309 e. The Hall–Kier alpha value is -3.03. The summed E-state index contributed by atoms with van der Waals surface area (Å²) in [7, 11) is 0. The Morgan fingerprint density at radius 1 is 0.929 bits per heavy atom. The number of aliphatic hydroxyl groups excluding tert-OH is 1. The van der Waals surface area contributed by atoms with Crippen molar-refractivity contribution in [1.82, 2.24) is 10.6 Å². The Morgan fingerprint density at radius 2 is 1.61 bits per heavy atom. The minimum atomic E-state index is -0.926. The summed E-state index contributed by atoms with van der Waals surface area (Å²) in [6, 6.07) is 15.0. The van der Waals surface area contributed by atoms with Crippen molar-refractivity contribution in [2.75, 3.05) is 6.54 Å². The van der Waals surface area contributed by atoms with Crippen LogP contribution in [0.15, 0.2) is 65.4 Å². The molecule has 28 heavy (non-hydrogen) atoms.